The van der Waals surface area contributed by atoms with Crippen molar-refractivity contribution in [2.75, 3.05) is 32.7 Å². The molecule has 1 saturated heterocycles. The Morgan fingerprint density at radius 1 is 1.04 bits per heavy atom. The van der Waals surface area contributed by atoms with Gasteiger partial charge in [0.1, 0.15) is 5.82 Å². The highest BCUT2D eigenvalue weighted by atomic mass is 19.1. The molecule has 0 radical (unpaired) electrons. The standard InChI is InChI=1S/C20H26FN3O3/c21-17-6-2-1-5-16(17)20(27)24-12-4-11-23(13-14-24)18(25)7-3-10-22-19(26)15-8-9-15/h1-2,5-6,15H,3-4,7-14H2,(H,22,26). The number of amides is 3. The van der Waals surface area contributed by atoms with Crippen LogP contribution in [-0.2, 0) is 9.59 Å². The summed E-state index contributed by atoms with van der Waals surface area (Å²) in [7, 11) is 0. The zero-order valence-corrected chi connectivity index (χ0v) is 15.5. The quantitative estimate of drug-likeness (QED) is 0.771. The molecule has 1 aliphatic carbocycles. The van der Waals surface area contributed by atoms with Crippen LogP contribution in [0.25, 0.3) is 0 Å². The van der Waals surface area contributed by atoms with Gasteiger partial charge in [-0.25, -0.2) is 4.39 Å². The largest absolute Gasteiger partial charge is 0.356 e. The number of benzene rings is 1. The molecule has 0 unspecified atom stereocenters. The molecule has 7 heteroatoms. The molecular formula is C20H26FN3O3. The van der Waals surface area contributed by atoms with Gasteiger partial charge in [-0.3, -0.25) is 14.4 Å². The molecule has 146 valence electrons. The molecule has 1 N–H and O–H groups in total. The summed E-state index contributed by atoms with van der Waals surface area (Å²) in [5.41, 5.74) is 0.0729. The van der Waals surface area contributed by atoms with E-state index in [0.29, 0.717) is 52.0 Å². The number of hydrogen-bond donors (Lipinski definition) is 1. The maximum absolute atomic E-state index is 13.8. The summed E-state index contributed by atoms with van der Waals surface area (Å²) in [5, 5.41) is 2.86. The van der Waals surface area contributed by atoms with E-state index in [-0.39, 0.29) is 29.2 Å². The van der Waals surface area contributed by atoms with Crippen molar-refractivity contribution in [1.82, 2.24) is 15.1 Å². The van der Waals surface area contributed by atoms with E-state index in [1.54, 1.807) is 21.9 Å². The average molecular weight is 375 g/mol. The maximum Gasteiger partial charge on any atom is 0.256 e. The Balaban J connectivity index is 1.43. The first-order valence-corrected chi connectivity index (χ1v) is 9.65. The van der Waals surface area contributed by atoms with Crippen molar-refractivity contribution in [3.63, 3.8) is 0 Å². The van der Waals surface area contributed by atoms with Gasteiger partial charge in [-0.2, -0.15) is 0 Å². The SMILES string of the molecule is O=C(NCCCC(=O)N1CCCN(C(=O)c2ccccc2F)CC1)C1CC1. The summed E-state index contributed by atoms with van der Waals surface area (Å²) >= 11 is 0. The second-order valence-corrected chi connectivity index (χ2v) is 7.18. The van der Waals surface area contributed by atoms with E-state index < -0.39 is 5.82 Å². The number of nitrogens with zero attached hydrogens (tertiary/aromatic N) is 2. The van der Waals surface area contributed by atoms with Gasteiger partial charge in [0.15, 0.2) is 0 Å². The van der Waals surface area contributed by atoms with Crippen LogP contribution in [-0.4, -0.2) is 60.2 Å². The fraction of sp³-hybridized carbons (Fsp3) is 0.550. The Hall–Kier alpha value is -2.44. The summed E-state index contributed by atoms with van der Waals surface area (Å²) in [6, 6.07) is 5.97. The van der Waals surface area contributed by atoms with E-state index in [9.17, 15) is 18.8 Å². The van der Waals surface area contributed by atoms with Gasteiger partial charge in [0.25, 0.3) is 5.91 Å². The zero-order chi connectivity index (χ0) is 19.2. The fourth-order valence-corrected chi connectivity index (χ4v) is 3.27. The molecule has 0 aromatic heterocycles. The molecule has 3 amide bonds. The van der Waals surface area contributed by atoms with Crippen LogP contribution < -0.4 is 5.32 Å². The van der Waals surface area contributed by atoms with Gasteiger partial charge < -0.3 is 15.1 Å². The third-order valence-corrected chi connectivity index (χ3v) is 5.05. The zero-order valence-electron chi connectivity index (χ0n) is 15.5. The van der Waals surface area contributed by atoms with Crippen molar-refractivity contribution in [1.29, 1.82) is 0 Å². The molecule has 0 spiro atoms. The van der Waals surface area contributed by atoms with Crippen LogP contribution in [0.1, 0.15) is 42.5 Å². The number of halogens is 1. The Morgan fingerprint density at radius 2 is 1.74 bits per heavy atom. The van der Waals surface area contributed by atoms with Crippen LogP contribution >= 0.6 is 0 Å². The highest BCUT2D eigenvalue weighted by Gasteiger charge is 2.29. The van der Waals surface area contributed by atoms with Crippen molar-refractivity contribution < 1.29 is 18.8 Å². The van der Waals surface area contributed by atoms with E-state index in [2.05, 4.69) is 5.32 Å². The number of carbonyl (C=O) groups excluding carboxylic acids is 3. The third kappa shape index (κ3) is 5.28. The Morgan fingerprint density at radius 3 is 2.48 bits per heavy atom. The maximum atomic E-state index is 13.8. The molecule has 2 aliphatic rings. The minimum Gasteiger partial charge on any atom is -0.356 e. The Kier molecular flexibility index (Phi) is 6.42. The fourth-order valence-electron chi connectivity index (χ4n) is 3.27. The second kappa shape index (κ2) is 8.97. The Bertz CT molecular complexity index is 705. The van der Waals surface area contributed by atoms with Crippen LogP contribution in [0.2, 0.25) is 0 Å². The molecule has 1 aromatic rings. The van der Waals surface area contributed by atoms with E-state index in [1.165, 1.54) is 12.1 Å². The summed E-state index contributed by atoms with van der Waals surface area (Å²) in [5.74, 6) is -0.530. The first kappa shape index (κ1) is 19.3. The van der Waals surface area contributed by atoms with Crippen LogP contribution in [0.5, 0.6) is 0 Å². The smallest absolute Gasteiger partial charge is 0.256 e. The van der Waals surface area contributed by atoms with E-state index in [1.807, 2.05) is 0 Å². The number of rotatable bonds is 6. The van der Waals surface area contributed by atoms with Gasteiger partial charge in [0, 0.05) is 45.1 Å². The van der Waals surface area contributed by atoms with Gasteiger partial charge in [0.2, 0.25) is 11.8 Å². The third-order valence-electron chi connectivity index (χ3n) is 5.05. The van der Waals surface area contributed by atoms with Gasteiger partial charge in [-0.05, 0) is 37.8 Å². The topological polar surface area (TPSA) is 69.7 Å². The average Bonchev–Trinajstić information content (AvgIpc) is 3.51. The van der Waals surface area contributed by atoms with Crippen LogP contribution in [0, 0.1) is 11.7 Å². The molecular weight excluding hydrogens is 349 g/mol. The van der Waals surface area contributed by atoms with Crippen molar-refractivity contribution in [2.24, 2.45) is 5.92 Å². The lowest BCUT2D eigenvalue weighted by Gasteiger charge is -2.22. The summed E-state index contributed by atoms with van der Waals surface area (Å²) in [6.07, 6.45) is 3.61. The number of nitrogens with one attached hydrogen (secondary N) is 1. The molecule has 0 bridgehead atoms. The minimum absolute atomic E-state index is 0.0378. The molecule has 1 aliphatic heterocycles. The molecule has 2 fully saturated rings. The van der Waals surface area contributed by atoms with E-state index >= 15 is 0 Å². The van der Waals surface area contributed by atoms with Crippen LogP contribution in [0.4, 0.5) is 4.39 Å². The van der Waals surface area contributed by atoms with Gasteiger partial charge in [-0.1, -0.05) is 12.1 Å². The molecule has 3 rings (SSSR count). The lowest BCUT2D eigenvalue weighted by molar-refractivity contribution is -0.131. The van der Waals surface area contributed by atoms with Crippen molar-refractivity contribution >= 4 is 17.7 Å². The number of hydrogen-bond acceptors (Lipinski definition) is 3. The molecule has 1 aromatic carbocycles. The van der Waals surface area contributed by atoms with Crippen LogP contribution in [0.3, 0.4) is 0 Å². The normalized spacial score (nSPS) is 17.4. The minimum atomic E-state index is -0.520. The van der Waals surface area contributed by atoms with Crippen molar-refractivity contribution in [2.45, 2.75) is 32.1 Å². The van der Waals surface area contributed by atoms with Crippen molar-refractivity contribution in [3.8, 4) is 0 Å². The summed E-state index contributed by atoms with van der Waals surface area (Å²) in [6.45, 7) is 2.47. The number of carbonyl (C=O) groups is 3. The second-order valence-electron chi connectivity index (χ2n) is 7.18. The molecule has 27 heavy (non-hydrogen) atoms. The monoisotopic (exact) mass is 375 g/mol. The van der Waals surface area contributed by atoms with Crippen molar-refractivity contribution in [3.05, 3.63) is 35.6 Å². The summed E-state index contributed by atoms with van der Waals surface area (Å²) < 4.78 is 13.8. The van der Waals surface area contributed by atoms with Gasteiger partial charge in [-0.15, -0.1) is 0 Å². The molecule has 1 saturated carbocycles. The van der Waals surface area contributed by atoms with Crippen LogP contribution in [0.15, 0.2) is 24.3 Å². The predicted molar refractivity (Wildman–Crippen MR) is 98.5 cm³/mol. The highest BCUT2D eigenvalue weighted by molar-refractivity contribution is 5.94. The molecule has 6 nitrogen and oxygen atoms in total. The van der Waals surface area contributed by atoms with E-state index in [0.717, 1.165) is 12.8 Å². The van der Waals surface area contributed by atoms with E-state index in [4.69, 9.17) is 0 Å². The first-order valence-electron chi connectivity index (χ1n) is 9.65. The predicted octanol–water partition coefficient (Wildman–Crippen LogP) is 1.81. The van der Waals surface area contributed by atoms with Gasteiger partial charge in [0.05, 0.1) is 5.56 Å². The summed E-state index contributed by atoms with van der Waals surface area (Å²) in [4.78, 5) is 39.9. The highest BCUT2D eigenvalue weighted by Crippen LogP contribution is 2.28. The Labute approximate surface area is 158 Å². The first-order chi connectivity index (χ1) is 13.1. The lowest BCUT2D eigenvalue weighted by Crippen LogP contribution is -2.37. The lowest BCUT2D eigenvalue weighted by atomic mass is 10.2. The molecule has 0 atom stereocenters. The van der Waals surface area contributed by atoms with Gasteiger partial charge >= 0.3 is 0 Å². The molecule has 1 heterocycles.